The van der Waals surface area contributed by atoms with Gasteiger partial charge in [-0.15, -0.1) is 0 Å². The number of pyridine rings is 1. The maximum absolute atomic E-state index is 5.49. The smallest absolute Gasteiger partial charge is 0.144 e. The normalized spacial score (nSPS) is 26.2. The van der Waals surface area contributed by atoms with Crippen LogP contribution in [0.4, 0.5) is 5.82 Å². The highest BCUT2D eigenvalue weighted by molar-refractivity contribution is 5.42. The quantitative estimate of drug-likeness (QED) is 0.615. The molecule has 1 aromatic rings. The summed E-state index contributed by atoms with van der Waals surface area (Å²) in [4.78, 5) is 9.14. The molecule has 1 aromatic heterocycles. The summed E-state index contributed by atoms with van der Waals surface area (Å²) < 4.78 is 0. The van der Waals surface area contributed by atoms with Crippen molar-refractivity contribution in [2.24, 2.45) is 5.84 Å². The fourth-order valence-electron chi connectivity index (χ4n) is 2.58. The Hall–Kier alpha value is -1.17. The van der Waals surface area contributed by atoms with Gasteiger partial charge < -0.3 is 5.43 Å². The third-order valence-electron chi connectivity index (χ3n) is 3.86. The standard InChI is InChI=1S/C13H23N5/c1-10-7-18(8-11(2)17(10)3)9-12-5-4-6-15-13(12)16-14/h4-6,10-11H,7-9,14H2,1-3H3,(H,15,16). The molecule has 5 heteroatoms. The molecule has 0 radical (unpaired) electrons. The van der Waals surface area contributed by atoms with E-state index in [0.717, 1.165) is 31.0 Å². The van der Waals surface area contributed by atoms with E-state index in [0.29, 0.717) is 12.1 Å². The highest BCUT2D eigenvalue weighted by Gasteiger charge is 2.26. The van der Waals surface area contributed by atoms with Crippen molar-refractivity contribution in [2.75, 3.05) is 25.6 Å². The van der Waals surface area contributed by atoms with E-state index in [1.807, 2.05) is 6.07 Å². The highest BCUT2D eigenvalue weighted by atomic mass is 15.3. The first kappa shape index (κ1) is 13.3. The van der Waals surface area contributed by atoms with Crippen LogP contribution in [0.1, 0.15) is 19.4 Å². The Morgan fingerprint density at radius 3 is 2.67 bits per heavy atom. The molecule has 2 rings (SSSR count). The fourth-order valence-corrected chi connectivity index (χ4v) is 2.58. The van der Waals surface area contributed by atoms with E-state index in [1.54, 1.807) is 6.20 Å². The summed E-state index contributed by atoms with van der Waals surface area (Å²) >= 11 is 0. The van der Waals surface area contributed by atoms with Crippen molar-refractivity contribution in [3.05, 3.63) is 23.9 Å². The molecule has 2 heterocycles. The monoisotopic (exact) mass is 249 g/mol. The predicted octanol–water partition coefficient (Wildman–Crippen LogP) is 0.892. The second-order valence-corrected chi connectivity index (χ2v) is 5.21. The number of nitrogen functional groups attached to an aromatic ring is 1. The molecule has 0 aliphatic carbocycles. The summed E-state index contributed by atoms with van der Waals surface area (Å²) in [5.41, 5.74) is 3.82. The number of hydrogen-bond acceptors (Lipinski definition) is 5. The van der Waals surface area contributed by atoms with Gasteiger partial charge in [0.15, 0.2) is 0 Å². The maximum Gasteiger partial charge on any atom is 0.144 e. The van der Waals surface area contributed by atoms with Crippen LogP contribution in [0.15, 0.2) is 18.3 Å². The molecule has 2 atom stereocenters. The second kappa shape index (κ2) is 5.65. The minimum Gasteiger partial charge on any atom is -0.308 e. The van der Waals surface area contributed by atoms with Gasteiger partial charge in [-0.1, -0.05) is 6.07 Å². The number of hydrogen-bond donors (Lipinski definition) is 2. The molecule has 18 heavy (non-hydrogen) atoms. The Labute approximate surface area is 109 Å². The highest BCUT2D eigenvalue weighted by Crippen LogP contribution is 2.18. The van der Waals surface area contributed by atoms with E-state index in [-0.39, 0.29) is 0 Å². The van der Waals surface area contributed by atoms with Gasteiger partial charge in [0.25, 0.3) is 0 Å². The zero-order valence-electron chi connectivity index (χ0n) is 11.4. The lowest BCUT2D eigenvalue weighted by atomic mass is 10.1. The number of hydrazine groups is 1. The molecule has 1 saturated heterocycles. The molecule has 100 valence electrons. The molecule has 2 unspecified atom stereocenters. The van der Waals surface area contributed by atoms with Crippen LogP contribution in [0.3, 0.4) is 0 Å². The number of nitrogens with zero attached hydrogens (tertiary/aromatic N) is 3. The van der Waals surface area contributed by atoms with Gasteiger partial charge in [-0.2, -0.15) is 0 Å². The molecule has 0 amide bonds. The van der Waals surface area contributed by atoms with Crippen LogP contribution in [0.5, 0.6) is 0 Å². The second-order valence-electron chi connectivity index (χ2n) is 5.21. The zero-order chi connectivity index (χ0) is 13.1. The lowest BCUT2D eigenvalue weighted by molar-refractivity contribution is 0.0557. The van der Waals surface area contributed by atoms with Crippen molar-refractivity contribution in [2.45, 2.75) is 32.5 Å². The minimum absolute atomic E-state index is 0.583. The number of nitrogens with two attached hydrogens (primary N) is 1. The SMILES string of the molecule is CC1CN(Cc2cccnc2NN)CC(C)N1C. The van der Waals surface area contributed by atoms with Crippen molar-refractivity contribution >= 4 is 5.82 Å². The van der Waals surface area contributed by atoms with E-state index >= 15 is 0 Å². The molecule has 5 nitrogen and oxygen atoms in total. The number of aromatic nitrogens is 1. The van der Waals surface area contributed by atoms with Crippen molar-refractivity contribution in [1.29, 1.82) is 0 Å². The summed E-state index contributed by atoms with van der Waals surface area (Å²) in [5.74, 6) is 6.27. The van der Waals surface area contributed by atoms with Crippen molar-refractivity contribution in [3.63, 3.8) is 0 Å². The fraction of sp³-hybridized carbons (Fsp3) is 0.615. The van der Waals surface area contributed by atoms with Crippen molar-refractivity contribution < 1.29 is 0 Å². The van der Waals surface area contributed by atoms with Crippen molar-refractivity contribution in [1.82, 2.24) is 14.8 Å². The molecule has 0 saturated carbocycles. The van der Waals surface area contributed by atoms with Gasteiger partial charge in [0.05, 0.1) is 0 Å². The van der Waals surface area contributed by atoms with Gasteiger partial charge in [-0.25, -0.2) is 10.8 Å². The molecule has 0 spiro atoms. The Bertz CT molecular complexity index is 383. The summed E-state index contributed by atoms with van der Waals surface area (Å²) in [6.07, 6.45) is 1.76. The van der Waals surface area contributed by atoms with Gasteiger partial charge in [0.2, 0.25) is 0 Å². The van der Waals surface area contributed by atoms with Crippen LogP contribution >= 0.6 is 0 Å². The first-order valence-electron chi connectivity index (χ1n) is 6.46. The maximum atomic E-state index is 5.49. The van der Waals surface area contributed by atoms with E-state index in [2.05, 4.69) is 47.2 Å². The lowest BCUT2D eigenvalue weighted by Crippen LogP contribution is -2.54. The Kier molecular flexibility index (Phi) is 4.16. The molecular formula is C13H23N5. The van der Waals surface area contributed by atoms with Crippen LogP contribution in [-0.4, -0.2) is 47.0 Å². The van der Waals surface area contributed by atoms with E-state index < -0.39 is 0 Å². The molecule has 0 bridgehead atoms. The zero-order valence-corrected chi connectivity index (χ0v) is 11.4. The van der Waals surface area contributed by atoms with Gasteiger partial charge >= 0.3 is 0 Å². The first-order chi connectivity index (χ1) is 8.61. The Morgan fingerprint density at radius 2 is 2.06 bits per heavy atom. The van der Waals surface area contributed by atoms with Gasteiger partial charge in [-0.05, 0) is 27.0 Å². The first-order valence-corrected chi connectivity index (χ1v) is 6.46. The third kappa shape index (κ3) is 2.80. The summed E-state index contributed by atoms with van der Waals surface area (Å²) in [7, 11) is 2.20. The third-order valence-corrected chi connectivity index (χ3v) is 3.86. The number of likely N-dealkylation sites (N-methyl/N-ethyl adjacent to an activating group) is 1. The average Bonchev–Trinajstić information content (AvgIpc) is 2.36. The van der Waals surface area contributed by atoms with Crippen LogP contribution < -0.4 is 11.3 Å². The average molecular weight is 249 g/mol. The summed E-state index contributed by atoms with van der Waals surface area (Å²) in [6.45, 7) is 7.61. The summed E-state index contributed by atoms with van der Waals surface area (Å²) in [5, 5.41) is 0. The van der Waals surface area contributed by atoms with E-state index in [9.17, 15) is 0 Å². The van der Waals surface area contributed by atoms with Gasteiger partial charge in [0.1, 0.15) is 5.82 Å². The number of anilines is 1. The van der Waals surface area contributed by atoms with Crippen LogP contribution in [0.25, 0.3) is 0 Å². The minimum atomic E-state index is 0.583. The number of piperazine rings is 1. The van der Waals surface area contributed by atoms with Crippen LogP contribution in [-0.2, 0) is 6.54 Å². The Balaban J connectivity index is 2.05. The lowest BCUT2D eigenvalue weighted by Gasteiger charge is -2.42. The Morgan fingerprint density at radius 1 is 1.39 bits per heavy atom. The molecule has 1 aliphatic heterocycles. The van der Waals surface area contributed by atoms with E-state index in [1.165, 1.54) is 0 Å². The van der Waals surface area contributed by atoms with Crippen molar-refractivity contribution in [3.8, 4) is 0 Å². The van der Waals surface area contributed by atoms with Gasteiger partial charge in [-0.3, -0.25) is 9.80 Å². The largest absolute Gasteiger partial charge is 0.308 e. The molecule has 1 fully saturated rings. The number of rotatable bonds is 3. The molecular weight excluding hydrogens is 226 g/mol. The summed E-state index contributed by atoms with van der Waals surface area (Å²) in [6, 6.07) is 5.20. The van der Waals surface area contributed by atoms with Gasteiger partial charge in [0, 0.05) is 43.5 Å². The number of nitrogens with one attached hydrogen (secondary N) is 1. The van der Waals surface area contributed by atoms with Crippen LogP contribution in [0, 0.1) is 0 Å². The molecule has 1 aliphatic rings. The molecule has 3 N–H and O–H groups in total. The van der Waals surface area contributed by atoms with Crippen LogP contribution in [0.2, 0.25) is 0 Å². The predicted molar refractivity (Wildman–Crippen MR) is 74.0 cm³/mol. The molecule has 0 aromatic carbocycles. The topological polar surface area (TPSA) is 57.4 Å². The van der Waals surface area contributed by atoms with E-state index in [4.69, 9.17) is 5.84 Å².